The highest BCUT2D eigenvalue weighted by Gasteiger charge is 2.46. The number of esters is 1. The van der Waals surface area contributed by atoms with Crippen LogP contribution in [0.2, 0.25) is 0 Å². The van der Waals surface area contributed by atoms with E-state index in [1.165, 1.54) is 71.2 Å². The number of fused-ring (bicyclic) bond motifs is 2. The van der Waals surface area contributed by atoms with Crippen LogP contribution in [-0.4, -0.2) is 168 Å². The smallest absolute Gasteiger partial charge is 0.338 e. The summed E-state index contributed by atoms with van der Waals surface area (Å²) in [5, 5.41) is 15.9. The average Bonchev–Trinajstić information content (AvgIpc) is 1.59. The molecule has 0 aliphatic heterocycles. The molecule has 2 amide bonds. The van der Waals surface area contributed by atoms with Crippen molar-refractivity contribution in [3.8, 4) is 22.6 Å². The van der Waals surface area contributed by atoms with Gasteiger partial charge in [0.1, 0.15) is 39.9 Å². The summed E-state index contributed by atoms with van der Waals surface area (Å²) in [6.07, 6.45) is 11.6. The fourth-order valence-electron chi connectivity index (χ4n) is 12.0. The molecule has 4 saturated carbocycles. The molecule has 10 rings (SSSR count). The second-order valence-corrected chi connectivity index (χ2v) is 29.0. The molecule has 4 aromatic carbocycles. The molecule has 4 aliphatic carbocycles. The minimum absolute atomic E-state index is 0.0438. The Bertz CT molecular complexity index is 3870. The third kappa shape index (κ3) is 17.7. The van der Waals surface area contributed by atoms with Crippen LogP contribution in [0, 0.1) is 11.6 Å². The largest absolute Gasteiger partial charge is 0.479 e. The van der Waals surface area contributed by atoms with Crippen LogP contribution in [0.1, 0.15) is 141 Å². The topological polar surface area (TPSA) is 278 Å². The van der Waals surface area contributed by atoms with Crippen molar-refractivity contribution in [3.05, 3.63) is 107 Å². The molecule has 22 nitrogen and oxygen atoms in total. The molecular formula is C68H86F2N4O18S2. The summed E-state index contributed by atoms with van der Waals surface area (Å²) in [5.74, 6) is -2.02. The van der Waals surface area contributed by atoms with Gasteiger partial charge in [0.25, 0.3) is 11.8 Å². The van der Waals surface area contributed by atoms with Gasteiger partial charge in [-0.05, 0) is 181 Å². The van der Waals surface area contributed by atoms with E-state index >= 15 is 0 Å². The Morgan fingerprint density at radius 2 is 0.904 bits per heavy atom. The summed E-state index contributed by atoms with van der Waals surface area (Å²) in [4.78, 5) is 50.4. The molecule has 4 fully saturated rings. The Labute approximate surface area is 547 Å². The second-order valence-electron chi connectivity index (χ2n) is 25.2. The molecule has 0 atom stereocenters. The molecule has 0 radical (unpaired) electrons. The minimum Gasteiger partial charge on any atom is -0.479 e. The summed E-state index contributed by atoms with van der Waals surface area (Å²) in [6.45, 7) is 7.68. The van der Waals surface area contributed by atoms with Crippen molar-refractivity contribution in [1.82, 2.24) is 10.6 Å². The van der Waals surface area contributed by atoms with Gasteiger partial charge < -0.3 is 57.7 Å². The summed E-state index contributed by atoms with van der Waals surface area (Å²) >= 11 is 0. The zero-order chi connectivity index (χ0) is 67.6. The molecular weight excluding hydrogens is 1260 g/mol. The van der Waals surface area contributed by atoms with Gasteiger partial charge in [-0.15, -0.1) is 0 Å². The SMILES string of the molecule is CNC(=O)c1c(-c2ccc(F)cc2)oc2cc(N(CCOCCOCCOC3(C(=O)O)CCCC3)S(C)(=O)=O)c(C3CC3)cc12.CNC(=O)c1c(-c2ccc(F)cc2)oc2cc(N(CCOCCOCCOC3(C(=O)OC(C)(C)C)CCCC3)S(C)(=O)=O)c(C3CC3)cc12. The van der Waals surface area contributed by atoms with E-state index in [0.717, 1.165) is 75.0 Å². The van der Waals surface area contributed by atoms with Crippen LogP contribution < -0.4 is 19.2 Å². The number of anilines is 2. The normalized spacial score (nSPS) is 16.2. The number of rotatable bonds is 32. The van der Waals surface area contributed by atoms with Gasteiger partial charge in [-0.3, -0.25) is 18.2 Å². The highest BCUT2D eigenvalue weighted by Crippen LogP contribution is 2.50. The number of sulfonamides is 2. The number of ether oxygens (including phenoxy) is 7. The number of amides is 2. The van der Waals surface area contributed by atoms with Gasteiger partial charge in [0.05, 0.1) is 114 Å². The predicted molar refractivity (Wildman–Crippen MR) is 349 cm³/mol. The van der Waals surface area contributed by atoms with Crippen molar-refractivity contribution in [2.75, 3.05) is 114 Å². The van der Waals surface area contributed by atoms with Crippen LogP contribution in [-0.2, 0) is 62.8 Å². The molecule has 512 valence electrons. The standard InChI is InChI=1S/C36H47FN2O9S.C32H39FN2O9S/c1-35(2,3)48-34(41)36(14-6-7-15-36)46-21-20-45-19-18-44-17-16-39(49(5,42)43)29-23-30-28(22-27(29)24-8-9-24)31(33(40)38-4)32(47-30)25-10-12-26(37)13-11-25;1-34-30(36)28-25-19-24(21-5-6-21)26(20-27(25)44-29(28)22-7-9-23(33)10-8-22)35(45(2,39)40)13-14-41-15-16-42-17-18-43-32(31(37)38)11-3-4-12-32/h10-13,22-24H,6-9,14-21H2,1-5H3,(H,38,40);7-10,19-21H,3-6,11-18H2,1-2H3,(H,34,36)(H,37,38). The van der Waals surface area contributed by atoms with Gasteiger partial charge >= 0.3 is 11.9 Å². The number of aliphatic carboxylic acids is 1. The quantitative estimate of drug-likeness (QED) is 0.0261. The van der Waals surface area contributed by atoms with Crippen LogP contribution in [0.15, 0.2) is 81.6 Å². The number of nitrogens with one attached hydrogen (secondary N) is 2. The molecule has 0 unspecified atom stereocenters. The lowest BCUT2D eigenvalue weighted by Crippen LogP contribution is -2.44. The van der Waals surface area contributed by atoms with E-state index in [1.807, 2.05) is 32.9 Å². The molecule has 94 heavy (non-hydrogen) atoms. The maximum absolute atomic E-state index is 13.7. The van der Waals surface area contributed by atoms with Crippen LogP contribution in [0.5, 0.6) is 0 Å². The Balaban J connectivity index is 0.000000222. The molecule has 3 N–H and O–H groups in total. The number of carboxylic acid groups (broad SMARTS) is 1. The highest BCUT2D eigenvalue weighted by atomic mass is 32.2. The van der Waals surface area contributed by atoms with Crippen molar-refractivity contribution in [2.24, 2.45) is 0 Å². The second kappa shape index (κ2) is 30.8. The van der Waals surface area contributed by atoms with Crippen LogP contribution in [0.25, 0.3) is 44.6 Å². The number of halogens is 2. The van der Waals surface area contributed by atoms with Crippen molar-refractivity contribution >= 4 is 77.1 Å². The van der Waals surface area contributed by atoms with Gasteiger partial charge in [-0.2, -0.15) is 0 Å². The fourth-order valence-corrected chi connectivity index (χ4v) is 13.9. The molecule has 0 bridgehead atoms. The number of hydrogen-bond acceptors (Lipinski definition) is 17. The van der Waals surface area contributed by atoms with Crippen LogP contribution in [0.3, 0.4) is 0 Å². The van der Waals surface area contributed by atoms with Gasteiger partial charge in [-0.1, -0.05) is 0 Å². The molecule has 2 aromatic heterocycles. The van der Waals surface area contributed by atoms with E-state index in [9.17, 15) is 49.9 Å². The van der Waals surface area contributed by atoms with Gasteiger partial charge in [0.15, 0.2) is 11.2 Å². The Morgan fingerprint density at radius 3 is 1.24 bits per heavy atom. The average molecular weight is 1350 g/mol. The van der Waals surface area contributed by atoms with Crippen molar-refractivity contribution in [2.45, 2.75) is 126 Å². The van der Waals surface area contributed by atoms with E-state index in [4.69, 9.17) is 42.0 Å². The van der Waals surface area contributed by atoms with E-state index < -0.39 is 54.5 Å². The zero-order valence-electron chi connectivity index (χ0n) is 54.4. The number of hydrogen-bond donors (Lipinski definition) is 3. The number of carbonyl (C=O) groups is 4. The third-order valence-corrected chi connectivity index (χ3v) is 19.3. The Morgan fingerprint density at radius 1 is 0.553 bits per heavy atom. The lowest BCUT2D eigenvalue weighted by atomic mass is 10.0. The van der Waals surface area contributed by atoms with Crippen LogP contribution in [0.4, 0.5) is 20.2 Å². The zero-order valence-corrected chi connectivity index (χ0v) is 56.0. The first-order valence-electron chi connectivity index (χ1n) is 31.9. The number of benzene rings is 4. The van der Waals surface area contributed by atoms with Crippen molar-refractivity contribution in [3.63, 3.8) is 0 Å². The number of furan rings is 2. The predicted octanol–water partition coefficient (Wildman–Crippen LogP) is 10.6. The highest BCUT2D eigenvalue weighted by molar-refractivity contribution is 7.92. The Hall–Kier alpha value is -7.04. The first-order chi connectivity index (χ1) is 44.8. The summed E-state index contributed by atoms with van der Waals surface area (Å²) in [5.41, 5.74) is 2.24. The van der Waals surface area contributed by atoms with Crippen LogP contribution >= 0.6 is 0 Å². The maximum Gasteiger partial charge on any atom is 0.338 e. The molecule has 4 aliphatic rings. The fraction of sp³-hybridized carbons (Fsp3) is 0.529. The lowest BCUT2D eigenvalue weighted by molar-refractivity contribution is -0.185. The monoisotopic (exact) mass is 1350 g/mol. The van der Waals surface area contributed by atoms with Gasteiger partial charge in [0, 0.05) is 48.1 Å². The lowest BCUT2D eigenvalue weighted by Gasteiger charge is -2.31. The first-order valence-corrected chi connectivity index (χ1v) is 35.6. The molecule has 26 heteroatoms. The van der Waals surface area contributed by atoms with E-state index in [0.29, 0.717) is 81.3 Å². The molecule has 2 heterocycles. The van der Waals surface area contributed by atoms with Crippen molar-refractivity contribution < 1.29 is 91.9 Å². The first kappa shape index (κ1) is 71.3. The number of nitrogens with zero attached hydrogens (tertiary/aromatic N) is 2. The van der Waals surface area contributed by atoms with E-state index in [-0.39, 0.29) is 120 Å². The van der Waals surface area contributed by atoms with E-state index in [2.05, 4.69) is 10.6 Å². The molecule has 0 spiro atoms. The van der Waals surface area contributed by atoms with Crippen molar-refractivity contribution in [1.29, 1.82) is 0 Å². The summed E-state index contributed by atoms with van der Waals surface area (Å²) in [7, 11) is -4.42. The molecule has 6 aromatic rings. The third-order valence-electron chi connectivity index (χ3n) is 17.0. The minimum atomic E-state index is -3.73. The van der Waals surface area contributed by atoms with E-state index in [1.54, 1.807) is 12.1 Å². The molecule has 0 saturated heterocycles. The number of carboxylic acids is 1. The van der Waals surface area contributed by atoms with Gasteiger partial charge in [-0.25, -0.2) is 35.2 Å². The maximum atomic E-state index is 13.7. The number of carbonyl (C=O) groups excluding carboxylic acids is 3. The Kier molecular flexibility index (Phi) is 23.3. The summed E-state index contributed by atoms with van der Waals surface area (Å²) < 4.78 is 134. The summed E-state index contributed by atoms with van der Waals surface area (Å²) in [6, 6.07) is 18.3. The van der Waals surface area contributed by atoms with Gasteiger partial charge in [0.2, 0.25) is 20.0 Å².